The van der Waals surface area contributed by atoms with E-state index in [-0.39, 0.29) is 0 Å². The van der Waals surface area contributed by atoms with Gasteiger partial charge >= 0.3 is 0 Å². The second-order valence-corrected chi connectivity index (χ2v) is 10.6. The van der Waals surface area contributed by atoms with E-state index in [1.807, 2.05) is 0 Å². The highest BCUT2D eigenvalue weighted by Gasteiger charge is 1.97. The molecule has 0 fully saturated rings. The molecule has 0 saturated heterocycles. The fourth-order valence-electron chi connectivity index (χ4n) is 3.41. The summed E-state index contributed by atoms with van der Waals surface area (Å²) in [7, 11) is 0. The molecule has 11 nitrogen and oxygen atoms in total. The van der Waals surface area contributed by atoms with Gasteiger partial charge in [0.2, 0.25) is 0 Å². The molecule has 0 aromatic rings. The largest absolute Gasteiger partial charge is 0.379 e. The van der Waals surface area contributed by atoms with Crippen LogP contribution in [0.2, 0.25) is 0 Å². The number of halogens is 1. The van der Waals surface area contributed by atoms with E-state index in [0.29, 0.717) is 132 Å². The van der Waals surface area contributed by atoms with Gasteiger partial charge in [0.25, 0.3) is 0 Å². The minimum absolute atomic E-state index is 0.528. The van der Waals surface area contributed by atoms with Crippen LogP contribution in [0.3, 0.4) is 0 Å². The molecule has 0 unspecified atom stereocenters. The van der Waals surface area contributed by atoms with Crippen LogP contribution in [-0.4, -0.2) is 150 Å². The molecule has 0 aliphatic carbocycles. The van der Waals surface area contributed by atoms with Gasteiger partial charge in [0.15, 0.2) is 0 Å². The highest BCUT2D eigenvalue weighted by Crippen LogP contribution is 2.02. The van der Waals surface area contributed by atoms with E-state index in [0.717, 1.165) is 26.1 Å². The van der Waals surface area contributed by atoms with Crippen molar-refractivity contribution in [3.63, 3.8) is 0 Å². The maximum Gasteiger partial charge on any atom is 0.0701 e. The van der Waals surface area contributed by atoms with Crippen molar-refractivity contribution in [2.24, 2.45) is 0 Å². The Balaban J connectivity index is 3.02. The number of alkyl halides is 1. The number of hydrogen-bond donors (Lipinski definition) is 0. The predicted octanol–water partition coefficient (Wildman–Crippen LogP) is 4.35. The van der Waals surface area contributed by atoms with E-state index < -0.39 is 0 Å². The van der Waals surface area contributed by atoms with Gasteiger partial charge in [-0.1, -0.05) is 55.2 Å². The number of ether oxygens (including phenoxy) is 11. The zero-order valence-corrected chi connectivity index (χ0v) is 29.2. The lowest BCUT2D eigenvalue weighted by Gasteiger charge is -2.09. The SMILES string of the molecule is CCCCCOCCOCCOCCOCCOCCOCCOCCOCCOCCOCCOCCCCCCI. The third-order valence-corrected chi connectivity index (χ3v) is 6.55. The minimum Gasteiger partial charge on any atom is -0.379 e. The van der Waals surface area contributed by atoms with Crippen LogP contribution >= 0.6 is 22.6 Å². The molecule has 0 aliphatic heterocycles. The minimum atomic E-state index is 0.528. The van der Waals surface area contributed by atoms with E-state index >= 15 is 0 Å². The first-order valence-corrected chi connectivity index (χ1v) is 17.9. The summed E-state index contributed by atoms with van der Waals surface area (Å²) in [4.78, 5) is 0. The highest BCUT2D eigenvalue weighted by atomic mass is 127. The lowest BCUT2D eigenvalue weighted by atomic mass is 10.2. The molecule has 0 bridgehead atoms. The van der Waals surface area contributed by atoms with Gasteiger partial charge in [0, 0.05) is 13.2 Å². The van der Waals surface area contributed by atoms with Crippen molar-refractivity contribution in [1.29, 1.82) is 0 Å². The molecule has 0 rings (SSSR count). The van der Waals surface area contributed by atoms with Crippen LogP contribution in [0.4, 0.5) is 0 Å². The first-order chi connectivity index (χ1) is 21.4. The fraction of sp³-hybridized carbons (Fsp3) is 1.00. The molecule has 0 N–H and O–H groups in total. The molecule has 0 atom stereocenters. The number of unbranched alkanes of at least 4 members (excludes halogenated alkanes) is 5. The summed E-state index contributed by atoms with van der Waals surface area (Å²) < 4.78 is 61.6. The standard InChI is InChI=1S/C31H63IO11/c1-2-3-7-10-33-12-14-35-16-18-37-20-22-39-24-26-41-28-30-43-31-29-42-27-25-40-23-21-38-19-17-36-15-13-34-11-8-5-4-6-9-32/h2-31H2,1H3. The van der Waals surface area contributed by atoms with Crippen LogP contribution in [0.15, 0.2) is 0 Å². The normalized spacial score (nSPS) is 11.6. The van der Waals surface area contributed by atoms with Gasteiger partial charge in [-0.15, -0.1) is 0 Å². The summed E-state index contributed by atoms with van der Waals surface area (Å²) in [5, 5.41) is 0. The lowest BCUT2D eigenvalue weighted by molar-refractivity contribution is -0.0275. The third kappa shape index (κ3) is 42.3. The molecule has 0 radical (unpaired) electrons. The molecule has 0 spiro atoms. The monoisotopic (exact) mass is 738 g/mol. The zero-order valence-electron chi connectivity index (χ0n) is 27.1. The Labute approximate surface area is 275 Å². The average Bonchev–Trinajstić information content (AvgIpc) is 3.02. The highest BCUT2D eigenvalue weighted by molar-refractivity contribution is 14.1. The molecular weight excluding hydrogens is 675 g/mol. The van der Waals surface area contributed by atoms with E-state index in [2.05, 4.69) is 29.5 Å². The van der Waals surface area contributed by atoms with Gasteiger partial charge < -0.3 is 52.1 Å². The lowest BCUT2D eigenvalue weighted by Crippen LogP contribution is -2.15. The van der Waals surface area contributed by atoms with Crippen molar-refractivity contribution in [3.05, 3.63) is 0 Å². The first kappa shape index (κ1) is 43.3. The fourth-order valence-corrected chi connectivity index (χ4v) is 3.95. The topological polar surface area (TPSA) is 102 Å². The van der Waals surface area contributed by atoms with E-state index in [9.17, 15) is 0 Å². The van der Waals surface area contributed by atoms with Gasteiger partial charge in [-0.25, -0.2) is 0 Å². The van der Waals surface area contributed by atoms with Gasteiger partial charge in [0.05, 0.1) is 132 Å². The summed E-state index contributed by atoms with van der Waals surface area (Å²) in [6.07, 6.45) is 8.54. The van der Waals surface area contributed by atoms with Crippen LogP contribution in [0.25, 0.3) is 0 Å². The third-order valence-electron chi connectivity index (χ3n) is 5.78. The summed E-state index contributed by atoms with van der Waals surface area (Å²) in [6.45, 7) is 15.0. The molecule has 0 heterocycles. The van der Waals surface area contributed by atoms with Crippen LogP contribution in [0.5, 0.6) is 0 Å². The van der Waals surface area contributed by atoms with Crippen molar-refractivity contribution in [1.82, 2.24) is 0 Å². The molecule has 0 aromatic heterocycles. The quantitative estimate of drug-likeness (QED) is 0.0510. The van der Waals surface area contributed by atoms with Crippen molar-refractivity contribution < 1.29 is 52.1 Å². The summed E-state index contributed by atoms with van der Waals surface area (Å²) in [6, 6.07) is 0. The molecule has 0 aromatic carbocycles. The smallest absolute Gasteiger partial charge is 0.0701 e. The molecule has 43 heavy (non-hydrogen) atoms. The molecule has 0 saturated carbocycles. The Bertz CT molecular complexity index is 441. The summed E-state index contributed by atoms with van der Waals surface area (Å²) >= 11 is 2.42. The molecule has 12 heteroatoms. The molecule has 0 amide bonds. The Hall–Kier alpha value is 0.290. The van der Waals surface area contributed by atoms with Gasteiger partial charge in [-0.3, -0.25) is 0 Å². The van der Waals surface area contributed by atoms with Crippen LogP contribution in [-0.2, 0) is 52.1 Å². The van der Waals surface area contributed by atoms with Crippen molar-refractivity contribution in [2.45, 2.75) is 51.9 Å². The van der Waals surface area contributed by atoms with E-state index in [4.69, 9.17) is 52.1 Å². The van der Waals surface area contributed by atoms with E-state index in [1.54, 1.807) is 0 Å². The molecule has 0 aliphatic rings. The van der Waals surface area contributed by atoms with E-state index in [1.165, 1.54) is 36.5 Å². The molecular formula is C31H63IO11. The van der Waals surface area contributed by atoms with Crippen LogP contribution in [0, 0.1) is 0 Å². The summed E-state index contributed by atoms with van der Waals surface area (Å²) in [5.74, 6) is 0. The maximum atomic E-state index is 5.56. The Morgan fingerprint density at radius 3 is 0.698 bits per heavy atom. The number of rotatable bonds is 40. The van der Waals surface area contributed by atoms with Crippen molar-refractivity contribution in [2.75, 3.05) is 150 Å². The van der Waals surface area contributed by atoms with Gasteiger partial charge in [0.1, 0.15) is 0 Å². The predicted molar refractivity (Wildman–Crippen MR) is 176 cm³/mol. The van der Waals surface area contributed by atoms with Crippen molar-refractivity contribution >= 4 is 22.6 Å². The number of hydrogen-bond acceptors (Lipinski definition) is 11. The maximum absolute atomic E-state index is 5.56. The Morgan fingerprint density at radius 2 is 0.465 bits per heavy atom. The summed E-state index contributed by atoms with van der Waals surface area (Å²) in [5.41, 5.74) is 0. The van der Waals surface area contributed by atoms with Crippen LogP contribution < -0.4 is 0 Å². The second-order valence-electron chi connectivity index (χ2n) is 9.55. The average molecular weight is 739 g/mol. The second kappa shape index (κ2) is 42.3. The van der Waals surface area contributed by atoms with Gasteiger partial charge in [-0.05, 0) is 23.7 Å². The van der Waals surface area contributed by atoms with Crippen molar-refractivity contribution in [3.8, 4) is 0 Å². The molecule has 260 valence electrons. The Morgan fingerprint density at radius 1 is 0.256 bits per heavy atom. The first-order valence-electron chi connectivity index (χ1n) is 16.3. The Kier molecular flexibility index (Phi) is 42.6. The van der Waals surface area contributed by atoms with Gasteiger partial charge in [-0.2, -0.15) is 0 Å². The zero-order chi connectivity index (χ0) is 31.0. The van der Waals surface area contributed by atoms with Crippen LogP contribution in [0.1, 0.15) is 51.9 Å².